The zero-order chi connectivity index (χ0) is 11.4. The smallest absolute Gasteiger partial charge is 0.236 e. The van der Waals surface area contributed by atoms with Gasteiger partial charge in [0.1, 0.15) is 5.76 Å². The van der Waals surface area contributed by atoms with Crippen LogP contribution in [0.5, 0.6) is 0 Å². The van der Waals surface area contributed by atoms with Crippen LogP contribution in [0.15, 0.2) is 4.52 Å². The topological polar surface area (TPSA) is 67.2 Å². The van der Waals surface area contributed by atoms with Gasteiger partial charge in [-0.1, -0.05) is 5.16 Å². The number of hydrogen-bond acceptors (Lipinski definition) is 4. The zero-order valence-electron chi connectivity index (χ0n) is 9.55. The largest absolute Gasteiger partial charge is 0.361 e. The van der Waals surface area contributed by atoms with Crippen LogP contribution < -0.4 is 10.6 Å². The first kappa shape index (κ1) is 11.7. The molecule has 1 unspecified atom stereocenters. The number of carbonyl (C=O) groups is 1. The number of nitrogens with zero attached hydrogens (tertiary/aromatic N) is 1. The Morgan fingerprint density at radius 1 is 1.53 bits per heavy atom. The van der Waals surface area contributed by atoms with E-state index in [0.717, 1.165) is 17.0 Å². The van der Waals surface area contributed by atoms with Crippen LogP contribution >= 0.6 is 0 Å². The quantitative estimate of drug-likeness (QED) is 0.761. The van der Waals surface area contributed by atoms with E-state index in [-0.39, 0.29) is 11.9 Å². The van der Waals surface area contributed by atoms with E-state index in [1.54, 1.807) is 7.05 Å². The van der Waals surface area contributed by atoms with Gasteiger partial charge in [-0.2, -0.15) is 0 Å². The van der Waals surface area contributed by atoms with Gasteiger partial charge in [-0.05, 0) is 20.8 Å². The second-order valence-electron chi connectivity index (χ2n) is 3.52. The SMILES string of the molecule is CNC(=O)C(C)NCc1c(C)noc1C. The lowest BCUT2D eigenvalue weighted by molar-refractivity contribution is -0.122. The van der Waals surface area contributed by atoms with Gasteiger partial charge in [0.2, 0.25) is 5.91 Å². The molecule has 15 heavy (non-hydrogen) atoms. The van der Waals surface area contributed by atoms with Gasteiger partial charge in [-0.3, -0.25) is 4.79 Å². The molecule has 0 bridgehead atoms. The Kier molecular flexibility index (Phi) is 3.85. The van der Waals surface area contributed by atoms with Crippen LogP contribution in [-0.2, 0) is 11.3 Å². The normalized spacial score (nSPS) is 12.5. The highest BCUT2D eigenvalue weighted by Crippen LogP contribution is 2.11. The van der Waals surface area contributed by atoms with Gasteiger partial charge in [-0.15, -0.1) is 0 Å². The summed E-state index contributed by atoms with van der Waals surface area (Å²) < 4.78 is 5.02. The molecule has 5 nitrogen and oxygen atoms in total. The summed E-state index contributed by atoms with van der Waals surface area (Å²) >= 11 is 0. The fourth-order valence-electron chi connectivity index (χ4n) is 1.32. The summed E-state index contributed by atoms with van der Waals surface area (Å²) in [6.07, 6.45) is 0. The standard InChI is InChI=1S/C10H17N3O2/c1-6-9(8(3)15-13-6)5-12-7(2)10(14)11-4/h7,12H,5H2,1-4H3,(H,11,14). The molecule has 2 N–H and O–H groups in total. The monoisotopic (exact) mass is 211 g/mol. The van der Waals surface area contributed by atoms with Crippen molar-refractivity contribution in [2.45, 2.75) is 33.4 Å². The van der Waals surface area contributed by atoms with Crippen molar-refractivity contribution in [3.05, 3.63) is 17.0 Å². The van der Waals surface area contributed by atoms with E-state index in [9.17, 15) is 4.79 Å². The van der Waals surface area contributed by atoms with Crippen molar-refractivity contribution in [2.75, 3.05) is 7.05 Å². The third-order valence-electron chi connectivity index (χ3n) is 2.41. The second kappa shape index (κ2) is 4.93. The van der Waals surface area contributed by atoms with Crippen molar-refractivity contribution >= 4 is 5.91 Å². The number of aromatic nitrogens is 1. The Balaban J connectivity index is 2.54. The number of likely N-dealkylation sites (N-methyl/N-ethyl adjacent to an activating group) is 1. The van der Waals surface area contributed by atoms with E-state index in [0.29, 0.717) is 6.54 Å². The highest BCUT2D eigenvalue weighted by atomic mass is 16.5. The summed E-state index contributed by atoms with van der Waals surface area (Å²) in [6.45, 7) is 6.16. The van der Waals surface area contributed by atoms with Gasteiger partial charge < -0.3 is 15.2 Å². The number of aryl methyl sites for hydroxylation is 2. The zero-order valence-corrected chi connectivity index (χ0v) is 9.55. The van der Waals surface area contributed by atoms with Crippen molar-refractivity contribution in [3.63, 3.8) is 0 Å². The third-order valence-corrected chi connectivity index (χ3v) is 2.41. The lowest BCUT2D eigenvalue weighted by Gasteiger charge is -2.11. The maximum atomic E-state index is 11.2. The second-order valence-corrected chi connectivity index (χ2v) is 3.52. The first-order valence-electron chi connectivity index (χ1n) is 4.93. The average molecular weight is 211 g/mol. The van der Waals surface area contributed by atoms with Crippen molar-refractivity contribution in [2.24, 2.45) is 0 Å². The molecule has 0 aromatic carbocycles. The molecule has 0 spiro atoms. The van der Waals surface area contributed by atoms with E-state index < -0.39 is 0 Å². The van der Waals surface area contributed by atoms with Crippen molar-refractivity contribution in [1.82, 2.24) is 15.8 Å². The Morgan fingerprint density at radius 3 is 2.67 bits per heavy atom. The fraction of sp³-hybridized carbons (Fsp3) is 0.600. The Labute approximate surface area is 89.2 Å². The molecule has 0 aliphatic carbocycles. The number of rotatable bonds is 4. The highest BCUT2D eigenvalue weighted by molar-refractivity contribution is 5.80. The van der Waals surface area contributed by atoms with Gasteiger partial charge >= 0.3 is 0 Å². The van der Waals surface area contributed by atoms with Gasteiger partial charge in [0.05, 0.1) is 11.7 Å². The average Bonchev–Trinajstić information content (AvgIpc) is 2.54. The first-order chi connectivity index (χ1) is 7.06. The molecule has 5 heteroatoms. The summed E-state index contributed by atoms with van der Waals surface area (Å²) in [5.41, 5.74) is 1.88. The molecule has 0 saturated heterocycles. The molecule has 0 saturated carbocycles. The Bertz CT molecular complexity index is 327. The molecule has 1 aromatic heterocycles. The van der Waals surface area contributed by atoms with Gasteiger partial charge in [-0.25, -0.2) is 0 Å². The van der Waals surface area contributed by atoms with E-state index in [4.69, 9.17) is 4.52 Å². The molecule has 1 aromatic rings. The summed E-state index contributed by atoms with van der Waals surface area (Å²) in [7, 11) is 1.62. The third kappa shape index (κ3) is 2.79. The summed E-state index contributed by atoms with van der Waals surface area (Å²) in [4.78, 5) is 11.2. The van der Waals surface area contributed by atoms with Gasteiger partial charge in [0.15, 0.2) is 0 Å². The van der Waals surface area contributed by atoms with Crippen molar-refractivity contribution in [1.29, 1.82) is 0 Å². The van der Waals surface area contributed by atoms with Gasteiger partial charge in [0, 0.05) is 19.2 Å². The first-order valence-corrected chi connectivity index (χ1v) is 4.93. The van der Waals surface area contributed by atoms with E-state index in [2.05, 4.69) is 15.8 Å². The van der Waals surface area contributed by atoms with E-state index in [1.165, 1.54) is 0 Å². The van der Waals surface area contributed by atoms with Crippen molar-refractivity contribution < 1.29 is 9.32 Å². The molecule has 0 radical (unpaired) electrons. The highest BCUT2D eigenvalue weighted by Gasteiger charge is 2.13. The summed E-state index contributed by atoms with van der Waals surface area (Å²) in [5.74, 6) is 0.769. The summed E-state index contributed by atoms with van der Waals surface area (Å²) in [6, 6.07) is -0.219. The molecular weight excluding hydrogens is 194 g/mol. The lowest BCUT2D eigenvalue weighted by Crippen LogP contribution is -2.40. The number of nitrogens with one attached hydrogen (secondary N) is 2. The van der Waals surface area contributed by atoms with Crippen LogP contribution in [0, 0.1) is 13.8 Å². The molecule has 1 atom stereocenters. The van der Waals surface area contributed by atoms with Gasteiger partial charge in [0.25, 0.3) is 0 Å². The van der Waals surface area contributed by atoms with Crippen LogP contribution in [0.1, 0.15) is 23.9 Å². The lowest BCUT2D eigenvalue weighted by atomic mass is 10.2. The van der Waals surface area contributed by atoms with Crippen molar-refractivity contribution in [3.8, 4) is 0 Å². The van der Waals surface area contributed by atoms with Crippen LogP contribution in [0.3, 0.4) is 0 Å². The molecule has 0 aliphatic rings. The fourth-order valence-corrected chi connectivity index (χ4v) is 1.32. The number of carbonyl (C=O) groups excluding carboxylic acids is 1. The molecule has 0 aliphatic heterocycles. The molecule has 1 amide bonds. The van der Waals surface area contributed by atoms with Crippen LogP contribution in [0.25, 0.3) is 0 Å². The number of hydrogen-bond donors (Lipinski definition) is 2. The van der Waals surface area contributed by atoms with E-state index >= 15 is 0 Å². The van der Waals surface area contributed by atoms with Crippen LogP contribution in [0.2, 0.25) is 0 Å². The maximum Gasteiger partial charge on any atom is 0.236 e. The Morgan fingerprint density at radius 2 is 2.20 bits per heavy atom. The molecule has 1 rings (SSSR count). The minimum Gasteiger partial charge on any atom is -0.361 e. The van der Waals surface area contributed by atoms with Crippen LogP contribution in [-0.4, -0.2) is 24.2 Å². The van der Waals surface area contributed by atoms with Crippen LogP contribution in [0.4, 0.5) is 0 Å². The molecule has 0 fully saturated rings. The molecule has 1 heterocycles. The van der Waals surface area contributed by atoms with E-state index in [1.807, 2.05) is 20.8 Å². The predicted octanol–water partition coefficient (Wildman–Crippen LogP) is 0.516. The predicted molar refractivity (Wildman–Crippen MR) is 56.3 cm³/mol. The minimum absolute atomic E-state index is 0.0261. The minimum atomic E-state index is -0.219. The number of amides is 1. The molecular formula is C10H17N3O2. The molecule has 84 valence electrons. The Hall–Kier alpha value is -1.36. The summed E-state index contributed by atoms with van der Waals surface area (Å²) in [5, 5.41) is 9.53. The maximum absolute atomic E-state index is 11.2.